The molecule has 1 amide bonds. The van der Waals surface area contributed by atoms with Crippen LogP contribution in [0.4, 0.5) is 0 Å². The summed E-state index contributed by atoms with van der Waals surface area (Å²) in [5.41, 5.74) is 0.783. The summed E-state index contributed by atoms with van der Waals surface area (Å²) in [6.45, 7) is 1.68. The number of amides is 1. The molecular weight excluding hydrogens is 282 g/mol. The number of hydrogen-bond acceptors (Lipinski definition) is 4. The summed E-state index contributed by atoms with van der Waals surface area (Å²) in [6.07, 6.45) is 6.72. The molecule has 0 spiro atoms. The second kappa shape index (κ2) is 7.73. The van der Waals surface area contributed by atoms with E-state index >= 15 is 0 Å². The number of benzene rings is 1. The fourth-order valence-electron chi connectivity index (χ4n) is 2.56. The van der Waals surface area contributed by atoms with Crippen LogP contribution in [0.15, 0.2) is 18.2 Å². The zero-order valence-electron chi connectivity index (χ0n) is 13.4. The standard InChI is InChI=1S/C17H23NO4/c1-20-14-12-16(22-3)15(21-2)11-13(14)7-8-17(19)18-9-5-4-6-10-18/h7-8,11-12H,4-6,9-10H2,1-3H3/b8-7+. The van der Waals surface area contributed by atoms with Gasteiger partial charge in [-0.3, -0.25) is 4.79 Å². The molecule has 1 heterocycles. The van der Waals surface area contributed by atoms with E-state index in [1.165, 1.54) is 6.42 Å². The van der Waals surface area contributed by atoms with Crippen molar-refractivity contribution < 1.29 is 19.0 Å². The van der Waals surface area contributed by atoms with E-state index in [1.807, 2.05) is 4.90 Å². The summed E-state index contributed by atoms with van der Waals surface area (Å²) in [4.78, 5) is 14.1. The van der Waals surface area contributed by atoms with Crippen LogP contribution in [0.5, 0.6) is 17.2 Å². The van der Waals surface area contributed by atoms with E-state index in [2.05, 4.69) is 0 Å². The van der Waals surface area contributed by atoms with Crippen molar-refractivity contribution in [1.82, 2.24) is 4.90 Å². The lowest BCUT2D eigenvalue weighted by Gasteiger charge is -2.25. The van der Waals surface area contributed by atoms with E-state index in [4.69, 9.17) is 14.2 Å². The molecule has 5 nitrogen and oxygen atoms in total. The average Bonchev–Trinajstić information content (AvgIpc) is 2.59. The predicted octanol–water partition coefficient (Wildman–Crippen LogP) is 2.74. The molecule has 1 aromatic carbocycles. The summed E-state index contributed by atoms with van der Waals surface area (Å²) in [6, 6.07) is 3.56. The minimum absolute atomic E-state index is 0.0385. The zero-order chi connectivity index (χ0) is 15.9. The first-order valence-corrected chi connectivity index (χ1v) is 7.46. The van der Waals surface area contributed by atoms with E-state index in [0.29, 0.717) is 17.2 Å². The third-order valence-electron chi connectivity index (χ3n) is 3.81. The topological polar surface area (TPSA) is 48.0 Å². The molecule has 2 rings (SSSR count). The zero-order valence-corrected chi connectivity index (χ0v) is 13.4. The normalized spacial score (nSPS) is 15.0. The Kier molecular flexibility index (Phi) is 5.69. The number of piperidine rings is 1. The van der Waals surface area contributed by atoms with Crippen LogP contribution in [0, 0.1) is 0 Å². The van der Waals surface area contributed by atoms with Crippen LogP contribution in [0.3, 0.4) is 0 Å². The Bertz CT molecular complexity index is 548. The highest BCUT2D eigenvalue weighted by atomic mass is 16.5. The Labute approximate surface area is 131 Å². The summed E-state index contributed by atoms with van der Waals surface area (Å²) in [5.74, 6) is 1.88. The molecule has 0 saturated carbocycles. The average molecular weight is 305 g/mol. The van der Waals surface area contributed by atoms with Gasteiger partial charge in [0, 0.05) is 30.8 Å². The Morgan fingerprint density at radius 3 is 2.14 bits per heavy atom. The second-order valence-corrected chi connectivity index (χ2v) is 5.17. The maximum atomic E-state index is 12.2. The van der Waals surface area contributed by atoms with Crippen LogP contribution in [0.25, 0.3) is 6.08 Å². The number of methoxy groups -OCH3 is 3. The minimum atomic E-state index is 0.0385. The largest absolute Gasteiger partial charge is 0.496 e. The fraction of sp³-hybridized carbons (Fsp3) is 0.471. The van der Waals surface area contributed by atoms with Gasteiger partial charge in [0.15, 0.2) is 11.5 Å². The van der Waals surface area contributed by atoms with Crippen LogP contribution in [0.2, 0.25) is 0 Å². The quantitative estimate of drug-likeness (QED) is 0.785. The number of hydrogen-bond donors (Lipinski definition) is 0. The van der Waals surface area contributed by atoms with Gasteiger partial charge in [0.25, 0.3) is 0 Å². The second-order valence-electron chi connectivity index (χ2n) is 5.17. The Hall–Kier alpha value is -2.17. The van der Waals surface area contributed by atoms with Crippen molar-refractivity contribution in [2.45, 2.75) is 19.3 Å². The molecule has 0 bridgehead atoms. The van der Waals surface area contributed by atoms with Gasteiger partial charge < -0.3 is 19.1 Å². The highest BCUT2D eigenvalue weighted by Gasteiger charge is 2.15. The van der Waals surface area contributed by atoms with Gasteiger partial charge in [0.2, 0.25) is 5.91 Å². The van der Waals surface area contributed by atoms with Crippen LogP contribution in [-0.4, -0.2) is 45.2 Å². The molecule has 0 N–H and O–H groups in total. The van der Waals surface area contributed by atoms with Gasteiger partial charge in [-0.2, -0.15) is 0 Å². The molecular formula is C17H23NO4. The van der Waals surface area contributed by atoms with Crippen LogP contribution < -0.4 is 14.2 Å². The summed E-state index contributed by atoms with van der Waals surface area (Å²) < 4.78 is 15.9. The maximum absolute atomic E-state index is 12.2. The van der Waals surface area contributed by atoms with Gasteiger partial charge in [-0.05, 0) is 31.4 Å². The van der Waals surface area contributed by atoms with Gasteiger partial charge in [0.1, 0.15) is 5.75 Å². The van der Waals surface area contributed by atoms with Crippen molar-refractivity contribution in [3.05, 3.63) is 23.8 Å². The Morgan fingerprint density at radius 1 is 0.955 bits per heavy atom. The molecule has 1 fully saturated rings. The smallest absolute Gasteiger partial charge is 0.246 e. The molecule has 0 aliphatic carbocycles. The monoisotopic (exact) mass is 305 g/mol. The van der Waals surface area contributed by atoms with Gasteiger partial charge in [-0.1, -0.05) is 0 Å². The summed E-state index contributed by atoms with van der Waals surface area (Å²) in [5, 5.41) is 0. The van der Waals surface area contributed by atoms with Crippen LogP contribution in [0.1, 0.15) is 24.8 Å². The summed E-state index contributed by atoms with van der Waals surface area (Å²) in [7, 11) is 4.74. The number of carbonyl (C=O) groups is 1. The third-order valence-corrected chi connectivity index (χ3v) is 3.81. The lowest BCUT2D eigenvalue weighted by Crippen LogP contribution is -2.34. The molecule has 1 aliphatic rings. The van der Waals surface area contributed by atoms with Gasteiger partial charge in [-0.25, -0.2) is 0 Å². The van der Waals surface area contributed by atoms with Crippen molar-refractivity contribution in [2.24, 2.45) is 0 Å². The first-order chi connectivity index (χ1) is 10.7. The van der Waals surface area contributed by atoms with Crippen LogP contribution >= 0.6 is 0 Å². The van der Waals surface area contributed by atoms with Gasteiger partial charge in [-0.15, -0.1) is 0 Å². The number of carbonyl (C=O) groups excluding carboxylic acids is 1. The van der Waals surface area contributed by atoms with E-state index in [-0.39, 0.29) is 5.91 Å². The lowest BCUT2D eigenvalue weighted by molar-refractivity contribution is -0.126. The summed E-state index contributed by atoms with van der Waals surface area (Å²) >= 11 is 0. The molecule has 22 heavy (non-hydrogen) atoms. The molecule has 120 valence electrons. The van der Waals surface area contributed by atoms with Gasteiger partial charge >= 0.3 is 0 Å². The van der Waals surface area contributed by atoms with Crippen molar-refractivity contribution in [3.63, 3.8) is 0 Å². The van der Waals surface area contributed by atoms with Crippen molar-refractivity contribution in [1.29, 1.82) is 0 Å². The molecule has 0 aromatic heterocycles. The Balaban J connectivity index is 2.19. The first kappa shape index (κ1) is 16.2. The number of nitrogens with zero attached hydrogens (tertiary/aromatic N) is 1. The maximum Gasteiger partial charge on any atom is 0.246 e. The Morgan fingerprint density at radius 2 is 1.55 bits per heavy atom. The fourth-order valence-corrected chi connectivity index (χ4v) is 2.56. The first-order valence-electron chi connectivity index (χ1n) is 7.46. The van der Waals surface area contributed by atoms with Crippen molar-refractivity contribution in [2.75, 3.05) is 34.4 Å². The molecule has 0 radical (unpaired) electrons. The highest BCUT2D eigenvalue weighted by molar-refractivity contribution is 5.92. The van der Waals surface area contributed by atoms with E-state index in [9.17, 15) is 4.79 Å². The van der Waals surface area contributed by atoms with Crippen LogP contribution in [-0.2, 0) is 4.79 Å². The molecule has 1 aliphatic heterocycles. The molecule has 5 heteroatoms. The van der Waals surface area contributed by atoms with Crippen molar-refractivity contribution in [3.8, 4) is 17.2 Å². The molecule has 1 saturated heterocycles. The van der Waals surface area contributed by atoms with E-state index in [1.54, 1.807) is 45.6 Å². The number of likely N-dealkylation sites (tertiary alicyclic amines) is 1. The van der Waals surface area contributed by atoms with E-state index in [0.717, 1.165) is 31.5 Å². The minimum Gasteiger partial charge on any atom is -0.496 e. The SMILES string of the molecule is COc1cc(OC)c(OC)cc1/C=C/C(=O)N1CCCCC1. The lowest BCUT2D eigenvalue weighted by atomic mass is 10.1. The molecule has 0 atom stereocenters. The molecule has 1 aromatic rings. The van der Waals surface area contributed by atoms with E-state index < -0.39 is 0 Å². The van der Waals surface area contributed by atoms with Gasteiger partial charge in [0.05, 0.1) is 21.3 Å². The van der Waals surface area contributed by atoms with Crippen molar-refractivity contribution >= 4 is 12.0 Å². The number of rotatable bonds is 5. The predicted molar refractivity (Wildman–Crippen MR) is 85.6 cm³/mol. The highest BCUT2D eigenvalue weighted by Crippen LogP contribution is 2.35. The third kappa shape index (κ3) is 3.72. The molecule has 0 unspecified atom stereocenters. The number of ether oxygens (including phenoxy) is 3.